The largest absolute Gasteiger partial charge is 0.333 e. The van der Waals surface area contributed by atoms with Crippen molar-refractivity contribution in [1.29, 1.82) is 5.26 Å². The molecule has 176 valence electrons. The molecule has 4 aromatic heterocycles. The summed E-state index contributed by atoms with van der Waals surface area (Å²) >= 11 is 6.30. The van der Waals surface area contributed by atoms with Crippen molar-refractivity contribution in [2.45, 2.75) is 32.4 Å². The standard InChI is InChI=1S/C26H25ClN8/c1-3-32-16-26(17-32,10-11-28)34-12-9-21(31-34)23-14-24-22(7-8-25-30-29-18(2)35(24)25)33(23)15-19-5-4-6-20(27)13-19/h4-9,12-14H,3,10,15-17H2,1-2H3. The van der Waals surface area contributed by atoms with Gasteiger partial charge >= 0.3 is 0 Å². The van der Waals surface area contributed by atoms with Crippen LogP contribution < -0.4 is 0 Å². The molecule has 1 aliphatic rings. The molecule has 0 radical (unpaired) electrons. The van der Waals surface area contributed by atoms with Gasteiger partial charge in [0.2, 0.25) is 0 Å². The Hall–Kier alpha value is -3.67. The number of likely N-dealkylation sites (N-methyl/N-ethyl adjacent to an activating group) is 1. The van der Waals surface area contributed by atoms with Gasteiger partial charge in [0.15, 0.2) is 5.65 Å². The number of fused-ring (bicyclic) bond motifs is 3. The van der Waals surface area contributed by atoms with Crippen molar-refractivity contribution in [3.8, 4) is 17.5 Å². The van der Waals surface area contributed by atoms with E-state index in [1.807, 2.05) is 48.1 Å². The van der Waals surface area contributed by atoms with Gasteiger partial charge < -0.3 is 4.57 Å². The second-order valence-electron chi connectivity index (χ2n) is 9.30. The van der Waals surface area contributed by atoms with Gasteiger partial charge in [0.05, 0.1) is 29.2 Å². The molecule has 1 saturated heterocycles. The Kier molecular flexibility index (Phi) is 5.13. The Bertz CT molecular complexity index is 1590. The third-order valence-corrected chi connectivity index (χ3v) is 7.29. The number of nitrogens with zero attached hydrogens (tertiary/aromatic N) is 8. The van der Waals surface area contributed by atoms with Crippen molar-refractivity contribution >= 4 is 28.3 Å². The van der Waals surface area contributed by atoms with Crippen molar-refractivity contribution in [3.63, 3.8) is 0 Å². The van der Waals surface area contributed by atoms with Crippen LogP contribution in [0.2, 0.25) is 5.02 Å². The normalized spacial score (nSPS) is 15.5. The third kappa shape index (κ3) is 3.51. The number of benzene rings is 1. The van der Waals surface area contributed by atoms with Crippen LogP contribution in [0.25, 0.3) is 28.1 Å². The fraction of sp³-hybridized carbons (Fsp3) is 0.308. The molecule has 0 atom stereocenters. The van der Waals surface area contributed by atoms with E-state index in [1.54, 1.807) is 0 Å². The maximum absolute atomic E-state index is 9.50. The summed E-state index contributed by atoms with van der Waals surface area (Å²) in [4.78, 5) is 2.33. The molecule has 35 heavy (non-hydrogen) atoms. The number of aryl methyl sites for hydroxylation is 1. The van der Waals surface area contributed by atoms with Gasteiger partial charge in [-0.25, -0.2) is 0 Å². The Morgan fingerprint density at radius 2 is 1.94 bits per heavy atom. The Morgan fingerprint density at radius 1 is 1.09 bits per heavy atom. The molecule has 1 aromatic carbocycles. The topological polar surface area (TPSA) is 80.0 Å². The lowest BCUT2D eigenvalue weighted by molar-refractivity contribution is 0.00964. The van der Waals surface area contributed by atoms with E-state index in [4.69, 9.17) is 16.7 Å². The molecule has 0 N–H and O–H groups in total. The first-order valence-electron chi connectivity index (χ1n) is 11.8. The van der Waals surface area contributed by atoms with E-state index in [0.717, 1.165) is 59.1 Å². The van der Waals surface area contributed by atoms with Crippen LogP contribution in [0.4, 0.5) is 0 Å². The molecule has 9 heteroatoms. The first-order chi connectivity index (χ1) is 17.0. The SMILES string of the molecule is CCN1CC(CC#N)(n2ccc(-c3cc4c(ccc5nnc(C)n54)n3Cc3cccc(Cl)c3)n2)C1. The highest BCUT2D eigenvalue weighted by atomic mass is 35.5. The first-order valence-corrected chi connectivity index (χ1v) is 12.1. The van der Waals surface area contributed by atoms with E-state index in [2.05, 4.69) is 55.3 Å². The molecule has 0 aliphatic carbocycles. The summed E-state index contributed by atoms with van der Waals surface area (Å²) in [7, 11) is 0. The first kappa shape index (κ1) is 21.8. The number of nitriles is 1. The second kappa shape index (κ2) is 8.22. The summed E-state index contributed by atoms with van der Waals surface area (Å²) in [5.74, 6) is 0.838. The summed E-state index contributed by atoms with van der Waals surface area (Å²) in [5, 5.41) is 23.8. The number of pyridine rings is 1. The summed E-state index contributed by atoms with van der Waals surface area (Å²) in [5.41, 5.74) is 5.61. The van der Waals surface area contributed by atoms with Crippen LogP contribution in [0.1, 0.15) is 24.7 Å². The van der Waals surface area contributed by atoms with Gasteiger partial charge in [0.25, 0.3) is 0 Å². The molecular formula is C26H25ClN8. The molecule has 1 aliphatic heterocycles. The van der Waals surface area contributed by atoms with Crippen LogP contribution in [-0.4, -0.2) is 53.5 Å². The zero-order valence-electron chi connectivity index (χ0n) is 19.7. The van der Waals surface area contributed by atoms with Gasteiger partial charge in [0, 0.05) is 30.9 Å². The lowest BCUT2D eigenvalue weighted by atomic mass is 9.87. The van der Waals surface area contributed by atoms with Gasteiger partial charge in [0.1, 0.15) is 17.1 Å². The van der Waals surface area contributed by atoms with E-state index in [1.165, 1.54) is 0 Å². The quantitative estimate of drug-likeness (QED) is 0.354. The molecule has 1 fully saturated rings. The summed E-state index contributed by atoms with van der Waals surface area (Å²) < 4.78 is 6.34. The molecule has 5 heterocycles. The van der Waals surface area contributed by atoms with E-state index < -0.39 is 0 Å². The van der Waals surface area contributed by atoms with E-state index >= 15 is 0 Å². The highest BCUT2D eigenvalue weighted by Crippen LogP contribution is 2.34. The van der Waals surface area contributed by atoms with E-state index in [-0.39, 0.29) is 5.54 Å². The van der Waals surface area contributed by atoms with Crippen LogP contribution >= 0.6 is 11.6 Å². The fourth-order valence-corrected chi connectivity index (χ4v) is 5.47. The molecule has 0 spiro atoms. The predicted octanol–water partition coefficient (Wildman–Crippen LogP) is 4.50. The van der Waals surface area contributed by atoms with Gasteiger partial charge in [-0.1, -0.05) is 30.7 Å². The lowest BCUT2D eigenvalue weighted by Crippen LogP contribution is -2.62. The zero-order chi connectivity index (χ0) is 24.2. The number of halogens is 1. The average molecular weight is 485 g/mol. The minimum absolute atomic E-state index is 0.273. The Labute approximate surface area is 208 Å². The van der Waals surface area contributed by atoms with Gasteiger partial charge in [-0.3, -0.25) is 14.0 Å². The van der Waals surface area contributed by atoms with Crippen LogP contribution in [0.3, 0.4) is 0 Å². The second-order valence-corrected chi connectivity index (χ2v) is 9.73. The maximum Gasteiger partial charge on any atom is 0.161 e. The van der Waals surface area contributed by atoms with Gasteiger partial charge in [-0.05, 0) is 55.4 Å². The zero-order valence-corrected chi connectivity index (χ0v) is 20.4. The number of likely N-dealkylation sites (tertiary alicyclic amines) is 1. The highest BCUT2D eigenvalue weighted by Gasteiger charge is 2.44. The van der Waals surface area contributed by atoms with Crippen LogP contribution in [0.15, 0.2) is 54.7 Å². The molecular weight excluding hydrogens is 460 g/mol. The van der Waals surface area contributed by atoms with Crippen LogP contribution in [0, 0.1) is 18.3 Å². The van der Waals surface area contributed by atoms with Gasteiger partial charge in [-0.2, -0.15) is 10.4 Å². The van der Waals surface area contributed by atoms with Crippen molar-refractivity contribution in [3.05, 3.63) is 71.1 Å². The maximum atomic E-state index is 9.50. The van der Waals surface area contributed by atoms with E-state index in [0.29, 0.717) is 18.0 Å². The predicted molar refractivity (Wildman–Crippen MR) is 135 cm³/mol. The number of hydrogen-bond donors (Lipinski definition) is 0. The molecule has 8 nitrogen and oxygen atoms in total. The summed E-state index contributed by atoms with van der Waals surface area (Å²) in [6.45, 7) is 7.40. The summed E-state index contributed by atoms with van der Waals surface area (Å²) in [6, 6.07) is 18.6. The smallest absolute Gasteiger partial charge is 0.161 e. The number of aromatic nitrogens is 6. The number of rotatable bonds is 6. The van der Waals surface area contributed by atoms with Crippen molar-refractivity contribution in [2.24, 2.45) is 0 Å². The minimum Gasteiger partial charge on any atom is -0.333 e. The number of hydrogen-bond acceptors (Lipinski definition) is 5. The van der Waals surface area contributed by atoms with E-state index in [9.17, 15) is 5.26 Å². The molecule has 0 saturated carbocycles. The molecule has 0 unspecified atom stereocenters. The Balaban J connectivity index is 1.50. The van der Waals surface area contributed by atoms with Crippen molar-refractivity contribution in [2.75, 3.05) is 19.6 Å². The lowest BCUT2D eigenvalue weighted by Gasteiger charge is -2.48. The van der Waals surface area contributed by atoms with Gasteiger partial charge in [-0.15, -0.1) is 10.2 Å². The Morgan fingerprint density at radius 3 is 2.71 bits per heavy atom. The van der Waals surface area contributed by atoms with Crippen molar-refractivity contribution < 1.29 is 0 Å². The highest BCUT2D eigenvalue weighted by molar-refractivity contribution is 6.30. The van der Waals surface area contributed by atoms with Crippen LogP contribution in [0.5, 0.6) is 0 Å². The third-order valence-electron chi connectivity index (χ3n) is 7.06. The molecule has 5 aromatic rings. The molecule has 0 bridgehead atoms. The fourth-order valence-electron chi connectivity index (χ4n) is 5.26. The van der Waals surface area contributed by atoms with Crippen LogP contribution in [-0.2, 0) is 12.1 Å². The van der Waals surface area contributed by atoms with Crippen molar-refractivity contribution in [1.82, 2.24) is 33.8 Å². The monoisotopic (exact) mass is 484 g/mol. The molecule has 0 amide bonds. The average Bonchev–Trinajstić information content (AvgIpc) is 3.54. The minimum atomic E-state index is -0.273. The molecule has 6 rings (SSSR count). The summed E-state index contributed by atoms with van der Waals surface area (Å²) in [6.07, 6.45) is 2.46.